The van der Waals surface area contributed by atoms with Crippen LogP contribution >= 0.6 is 11.6 Å². The van der Waals surface area contributed by atoms with Crippen LogP contribution in [0, 0.1) is 10.1 Å². The van der Waals surface area contributed by atoms with Crippen molar-refractivity contribution in [3.63, 3.8) is 0 Å². The molecule has 2 aromatic rings. The first-order valence-corrected chi connectivity index (χ1v) is 9.67. The molecule has 0 aromatic heterocycles. The molecule has 152 valence electrons. The van der Waals surface area contributed by atoms with Crippen molar-refractivity contribution in [3.05, 3.63) is 56.6 Å². The lowest BCUT2D eigenvalue weighted by atomic mass is 10.0. The minimum absolute atomic E-state index is 0.00972. The molecule has 0 spiro atoms. The Morgan fingerprint density at radius 1 is 1.25 bits per heavy atom. The van der Waals surface area contributed by atoms with Crippen LogP contribution in [0.25, 0.3) is 0 Å². The number of sulfonamides is 1. The second-order valence-corrected chi connectivity index (χ2v) is 7.52. The standard InChI is InChI=1S/C16H14ClF3N2O5S/c1-2-6-10-12(17)15(28(21,25)26)11(16(18,19)20)13(22(23)24)14(10)27-9-7-4-3-5-8-9/h3-5,7-8H,2,6H2,1H3,(H2,21,25,26). The minimum atomic E-state index is -5.44. The van der Waals surface area contributed by atoms with Crippen LogP contribution in [0.5, 0.6) is 11.5 Å². The molecule has 0 atom stereocenters. The van der Waals surface area contributed by atoms with E-state index in [1.165, 1.54) is 24.3 Å². The second-order valence-electron chi connectivity index (χ2n) is 5.64. The number of alkyl halides is 3. The van der Waals surface area contributed by atoms with Gasteiger partial charge in [0.15, 0.2) is 5.56 Å². The molecule has 28 heavy (non-hydrogen) atoms. The first-order chi connectivity index (χ1) is 12.9. The van der Waals surface area contributed by atoms with Crippen molar-refractivity contribution in [3.8, 4) is 11.5 Å². The third kappa shape index (κ3) is 4.37. The molecular weight excluding hydrogens is 425 g/mol. The normalized spacial score (nSPS) is 12.1. The van der Waals surface area contributed by atoms with Gasteiger partial charge in [0.1, 0.15) is 10.6 Å². The Labute approximate surface area is 163 Å². The Morgan fingerprint density at radius 2 is 1.82 bits per heavy atom. The molecular formula is C16H14ClF3N2O5S. The van der Waals surface area contributed by atoms with Gasteiger partial charge in [-0.1, -0.05) is 43.1 Å². The molecule has 0 saturated carbocycles. The zero-order valence-electron chi connectivity index (χ0n) is 14.3. The average molecular weight is 439 g/mol. The number of para-hydroxylation sites is 1. The second kappa shape index (κ2) is 7.94. The largest absolute Gasteiger partial charge is 0.450 e. The lowest BCUT2D eigenvalue weighted by Crippen LogP contribution is -2.22. The number of nitrogens with two attached hydrogens (primary N) is 1. The van der Waals surface area contributed by atoms with Crippen molar-refractivity contribution in [2.75, 3.05) is 0 Å². The van der Waals surface area contributed by atoms with Gasteiger partial charge in [0.2, 0.25) is 15.8 Å². The molecule has 2 N–H and O–H groups in total. The molecule has 0 radical (unpaired) electrons. The molecule has 12 heteroatoms. The number of nitrogens with zero attached hydrogens (tertiary/aromatic N) is 1. The predicted octanol–water partition coefficient (Wildman–Crippen LogP) is 4.66. The van der Waals surface area contributed by atoms with E-state index in [-0.39, 0.29) is 24.2 Å². The highest BCUT2D eigenvalue weighted by atomic mass is 35.5. The number of nitro benzene ring substituents is 1. The summed E-state index contributed by atoms with van der Waals surface area (Å²) >= 11 is 5.97. The fourth-order valence-electron chi connectivity index (χ4n) is 2.60. The number of hydrogen-bond acceptors (Lipinski definition) is 5. The minimum Gasteiger partial charge on any atom is -0.450 e. The fraction of sp³-hybridized carbons (Fsp3) is 0.250. The smallest absolute Gasteiger partial charge is 0.424 e. The molecule has 7 nitrogen and oxygen atoms in total. The van der Waals surface area contributed by atoms with Gasteiger partial charge in [0.25, 0.3) is 0 Å². The van der Waals surface area contributed by atoms with Gasteiger partial charge in [-0.15, -0.1) is 0 Å². The Bertz CT molecular complexity index is 1010. The zero-order chi connectivity index (χ0) is 21.3. The highest BCUT2D eigenvalue weighted by Crippen LogP contribution is 2.51. The highest BCUT2D eigenvalue weighted by Gasteiger charge is 2.48. The van der Waals surface area contributed by atoms with Crippen LogP contribution < -0.4 is 9.88 Å². The molecule has 0 fully saturated rings. The van der Waals surface area contributed by atoms with Crippen molar-refractivity contribution in [1.82, 2.24) is 0 Å². The maximum Gasteiger partial charge on any atom is 0.424 e. The summed E-state index contributed by atoms with van der Waals surface area (Å²) in [6.45, 7) is 1.63. The average Bonchev–Trinajstić information content (AvgIpc) is 2.56. The van der Waals surface area contributed by atoms with Gasteiger partial charge in [-0.25, -0.2) is 13.6 Å². The number of primary sulfonamides is 1. The molecule has 2 rings (SSSR count). The summed E-state index contributed by atoms with van der Waals surface area (Å²) in [4.78, 5) is 8.67. The Morgan fingerprint density at radius 3 is 2.25 bits per heavy atom. The van der Waals surface area contributed by atoms with E-state index in [0.717, 1.165) is 0 Å². The lowest BCUT2D eigenvalue weighted by Gasteiger charge is -2.20. The van der Waals surface area contributed by atoms with E-state index in [2.05, 4.69) is 0 Å². The van der Waals surface area contributed by atoms with E-state index >= 15 is 0 Å². The number of benzene rings is 2. The van der Waals surface area contributed by atoms with Crippen LogP contribution in [0.4, 0.5) is 18.9 Å². The van der Waals surface area contributed by atoms with Gasteiger partial charge >= 0.3 is 11.9 Å². The molecule has 0 heterocycles. The Kier molecular flexibility index (Phi) is 6.21. The summed E-state index contributed by atoms with van der Waals surface area (Å²) in [6, 6.07) is 7.35. The van der Waals surface area contributed by atoms with Crippen LogP contribution in [0.2, 0.25) is 5.02 Å². The van der Waals surface area contributed by atoms with E-state index < -0.39 is 48.0 Å². The van der Waals surface area contributed by atoms with Crippen LogP contribution in [0.15, 0.2) is 35.2 Å². The quantitative estimate of drug-likeness (QED) is 0.520. The SMILES string of the molecule is CCCc1c(Cl)c(S(N)(=O)=O)c(C(F)(F)F)c([N+](=O)[O-])c1Oc1ccccc1. The summed E-state index contributed by atoms with van der Waals surface area (Å²) in [5.41, 5.74) is -3.89. The van der Waals surface area contributed by atoms with Crippen LogP contribution in [0.3, 0.4) is 0 Å². The summed E-state index contributed by atoms with van der Waals surface area (Å²) in [5, 5.41) is 15.6. The van der Waals surface area contributed by atoms with Crippen molar-refractivity contribution in [1.29, 1.82) is 0 Å². The van der Waals surface area contributed by atoms with E-state index in [1.54, 1.807) is 13.0 Å². The van der Waals surface area contributed by atoms with E-state index in [9.17, 15) is 31.7 Å². The molecule has 0 unspecified atom stereocenters. The number of nitro groups is 1. The summed E-state index contributed by atoms with van der Waals surface area (Å²) < 4.78 is 70.1. The third-order valence-corrected chi connectivity index (χ3v) is 5.14. The van der Waals surface area contributed by atoms with E-state index in [4.69, 9.17) is 21.5 Å². The number of ether oxygens (including phenoxy) is 1. The van der Waals surface area contributed by atoms with E-state index in [0.29, 0.717) is 0 Å². The molecule has 0 aliphatic heterocycles. The van der Waals surface area contributed by atoms with Crippen LogP contribution in [-0.2, 0) is 22.6 Å². The lowest BCUT2D eigenvalue weighted by molar-refractivity contribution is -0.389. The van der Waals surface area contributed by atoms with Gasteiger partial charge in [-0.05, 0) is 18.6 Å². The van der Waals surface area contributed by atoms with Crippen LogP contribution in [-0.4, -0.2) is 13.3 Å². The van der Waals surface area contributed by atoms with Crippen LogP contribution in [0.1, 0.15) is 24.5 Å². The molecule has 2 aromatic carbocycles. The monoisotopic (exact) mass is 438 g/mol. The van der Waals surface area contributed by atoms with Gasteiger partial charge in [-0.2, -0.15) is 13.2 Å². The number of rotatable bonds is 6. The summed E-state index contributed by atoms with van der Waals surface area (Å²) in [7, 11) is -5.05. The van der Waals surface area contributed by atoms with Gasteiger partial charge in [-0.3, -0.25) is 10.1 Å². The summed E-state index contributed by atoms with van der Waals surface area (Å²) in [5.74, 6) is -0.765. The fourth-order valence-corrected chi connectivity index (χ4v) is 4.07. The molecule has 0 saturated heterocycles. The topological polar surface area (TPSA) is 113 Å². The first kappa shape index (κ1) is 21.9. The molecule has 0 bridgehead atoms. The van der Waals surface area contributed by atoms with Crippen molar-refractivity contribution < 1.29 is 31.2 Å². The predicted molar refractivity (Wildman–Crippen MR) is 95.0 cm³/mol. The zero-order valence-corrected chi connectivity index (χ0v) is 15.9. The maximum atomic E-state index is 13.7. The van der Waals surface area contributed by atoms with Crippen molar-refractivity contribution in [2.24, 2.45) is 5.14 Å². The summed E-state index contributed by atoms with van der Waals surface area (Å²) in [6.07, 6.45) is -5.23. The molecule has 0 aliphatic carbocycles. The Balaban J connectivity index is 3.05. The van der Waals surface area contributed by atoms with E-state index in [1.807, 2.05) is 0 Å². The third-order valence-electron chi connectivity index (χ3n) is 3.63. The maximum absolute atomic E-state index is 13.7. The van der Waals surface area contributed by atoms with Crippen molar-refractivity contribution >= 4 is 27.3 Å². The van der Waals surface area contributed by atoms with Gasteiger partial charge in [0, 0.05) is 5.56 Å². The van der Waals surface area contributed by atoms with Gasteiger partial charge in [0.05, 0.1) is 9.95 Å². The number of hydrogen-bond donors (Lipinski definition) is 1. The Hall–Kier alpha value is -2.37. The molecule has 0 aliphatic rings. The number of halogens is 4. The van der Waals surface area contributed by atoms with Gasteiger partial charge < -0.3 is 4.74 Å². The van der Waals surface area contributed by atoms with Crippen molar-refractivity contribution in [2.45, 2.75) is 30.8 Å². The first-order valence-electron chi connectivity index (χ1n) is 7.75. The molecule has 0 amide bonds. The highest BCUT2D eigenvalue weighted by molar-refractivity contribution is 7.89.